The monoisotopic (exact) mass is 354 g/mol. The number of aromatic nitrogens is 1. The van der Waals surface area contributed by atoms with Crippen molar-refractivity contribution < 1.29 is 9.90 Å². The molecule has 0 bridgehead atoms. The largest absolute Gasteiger partial charge is 0.507 e. The molecule has 4 nitrogen and oxygen atoms in total. The Morgan fingerprint density at radius 2 is 1.62 bits per heavy atom. The molecule has 2 N–H and O–H groups in total. The van der Waals surface area contributed by atoms with Crippen LogP contribution in [0, 0.1) is 0 Å². The van der Waals surface area contributed by atoms with Gasteiger partial charge in [-0.15, -0.1) is 0 Å². The van der Waals surface area contributed by atoms with Gasteiger partial charge in [0.25, 0.3) is 0 Å². The van der Waals surface area contributed by atoms with E-state index in [0.717, 1.165) is 16.7 Å². The van der Waals surface area contributed by atoms with Crippen LogP contribution in [-0.4, -0.2) is 16.0 Å². The topological polar surface area (TPSA) is 62.2 Å². The molecular formula is C22H30N2O2. The van der Waals surface area contributed by atoms with Crippen LogP contribution in [-0.2, 0) is 22.0 Å². The van der Waals surface area contributed by atoms with E-state index in [1.54, 1.807) is 12.3 Å². The molecule has 4 heteroatoms. The van der Waals surface area contributed by atoms with Crippen molar-refractivity contribution in [3.8, 4) is 5.75 Å². The Kier molecular flexibility index (Phi) is 5.74. The molecule has 2 rings (SSSR count). The average molecular weight is 354 g/mol. The molecule has 1 heterocycles. The van der Waals surface area contributed by atoms with Crippen molar-refractivity contribution in [2.24, 2.45) is 0 Å². The summed E-state index contributed by atoms with van der Waals surface area (Å²) in [4.78, 5) is 16.3. The van der Waals surface area contributed by atoms with E-state index in [0.29, 0.717) is 24.4 Å². The molecule has 0 fully saturated rings. The van der Waals surface area contributed by atoms with E-state index in [9.17, 15) is 9.90 Å². The zero-order valence-electron chi connectivity index (χ0n) is 16.7. The molecule has 140 valence electrons. The van der Waals surface area contributed by atoms with Crippen molar-refractivity contribution in [2.45, 2.75) is 65.2 Å². The van der Waals surface area contributed by atoms with Crippen LogP contribution < -0.4 is 5.32 Å². The number of nitrogens with one attached hydrogen (secondary N) is 1. The molecule has 1 aromatic heterocycles. The van der Waals surface area contributed by atoms with Gasteiger partial charge in [-0.1, -0.05) is 59.7 Å². The second kappa shape index (κ2) is 7.48. The number of carbonyl (C=O) groups excluding carboxylic acids is 1. The molecule has 0 radical (unpaired) electrons. The van der Waals surface area contributed by atoms with Gasteiger partial charge in [0.1, 0.15) is 11.6 Å². The van der Waals surface area contributed by atoms with Crippen LogP contribution in [0.1, 0.15) is 64.7 Å². The van der Waals surface area contributed by atoms with Crippen molar-refractivity contribution in [3.63, 3.8) is 0 Å². The van der Waals surface area contributed by atoms with E-state index in [1.807, 2.05) is 24.3 Å². The first-order chi connectivity index (χ1) is 12.0. The SMILES string of the molecule is CC(C)(C)c1cc(CCC(=O)Nc2ccccn2)cc(C(C)(C)C)c1O. The van der Waals surface area contributed by atoms with Crippen molar-refractivity contribution in [1.82, 2.24) is 4.98 Å². The van der Waals surface area contributed by atoms with E-state index in [1.165, 1.54) is 0 Å². The molecule has 1 amide bonds. The summed E-state index contributed by atoms with van der Waals surface area (Å²) in [7, 11) is 0. The van der Waals surface area contributed by atoms with Gasteiger partial charge in [0.2, 0.25) is 5.91 Å². The number of nitrogens with zero attached hydrogens (tertiary/aromatic N) is 1. The van der Waals surface area contributed by atoms with Gasteiger partial charge in [-0.2, -0.15) is 0 Å². The van der Waals surface area contributed by atoms with E-state index in [2.05, 4.69) is 51.8 Å². The zero-order valence-corrected chi connectivity index (χ0v) is 16.7. The number of amides is 1. The van der Waals surface area contributed by atoms with E-state index in [-0.39, 0.29) is 16.7 Å². The Bertz CT molecular complexity index is 734. The summed E-state index contributed by atoms with van der Waals surface area (Å²) in [5.41, 5.74) is 2.57. The summed E-state index contributed by atoms with van der Waals surface area (Å²) in [6.45, 7) is 12.5. The van der Waals surface area contributed by atoms with Crippen LogP contribution in [0.25, 0.3) is 0 Å². The number of phenols is 1. The van der Waals surface area contributed by atoms with Crippen molar-refractivity contribution in [2.75, 3.05) is 5.32 Å². The molecule has 2 aromatic rings. The number of anilines is 1. The summed E-state index contributed by atoms with van der Waals surface area (Å²) in [5.74, 6) is 0.868. The minimum atomic E-state index is -0.170. The highest BCUT2D eigenvalue weighted by Crippen LogP contribution is 2.39. The number of pyridine rings is 1. The minimum Gasteiger partial charge on any atom is -0.507 e. The van der Waals surface area contributed by atoms with Gasteiger partial charge < -0.3 is 10.4 Å². The van der Waals surface area contributed by atoms with Gasteiger partial charge in [0, 0.05) is 12.6 Å². The molecular weight excluding hydrogens is 324 g/mol. The first-order valence-electron chi connectivity index (χ1n) is 9.06. The fourth-order valence-electron chi connectivity index (χ4n) is 2.88. The maximum absolute atomic E-state index is 12.2. The summed E-state index contributed by atoms with van der Waals surface area (Å²) in [6, 6.07) is 9.48. The predicted molar refractivity (Wildman–Crippen MR) is 107 cm³/mol. The molecule has 0 unspecified atom stereocenters. The summed E-state index contributed by atoms with van der Waals surface area (Å²) in [6.07, 6.45) is 2.64. The Morgan fingerprint density at radius 3 is 2.08 bits per heavy atom. The number of benzene rings is 1. The van der Waals surface area contributed by atoms with Crippen molar-refractivity contribution in [3.05, 3.63) is 53.2 Å². The van der Waals surface area contributed by atoms with Crippen molar-refractivity contribution >= 4 is 11.7 Å². The van der Waals surface area contributed by atoms with Gasteiger partial charge in [0.15, 0.2) is 0 Å². The normalized spacial score (nSPS) is 12.1. The number of hydrogen-bond donors (Lipinski definition) is 2. The Balaban J connectivity index is 2.22. The lowest BCUT2D eigenvalue weighted by molar-refractivity contribution is -0.116. The molecule has 1 aromatic carbocycles. The minimum absolute atomic E-state index is 0.0635. The van der Waals surface area contributed by atoms with E-state index < -0.39 is 0 Å². The van der Waals surface area contributed by atoms with E-state index >= 15 is 0 Å². The Morgan fingerprint density at radius 1 is 1.04 bits per heavy atom. The van der Waals surface area contributed by atoms with Crippen LogP contribution in [0.2, 0.25) is 0 Å². The number of aromatic hydroxyl groups is 1. The average Bonchev–Trinajstić information content (AvgIpc) is 2.52. The highest BCUT2D eigenvalue weighted by molar-refractivity contribution is 5.89. The van der Waals surface area contributed by atoms with Gasteiger partial charge in [-0.3, -0.25) is 4.79 Å². The molecule has 0 spiro atoms. The molecule has 26 heavy (non-hydrogen) atoms. The lowest BCUT2D eigenvalue weighted by Gasteiger charge is -2.28. The van der Waals surface area contributed by atoms with Gasteiger partial charge >= 0.3 is 0 Å². The van der Waals surface area contributed by atoms with Crippen LogP contribution in [0.3, 0.4) is 0 Å². The lowest BCUT2D eigenvalue weighted by Crippen LogP contribution is -2.18. The highest BCUT2D eigenvalue weighted by Gasteiger charge is 2.26. The Hall–Kier alpha value is -2.36. The standard InChI is InChI=1S/C22H30N2O2/c1-21(2,3)16-13-15(14-17(20(16)26)22(4,5)6)10-11-19(25)24-18-9-7-8-12-23-18/h7-9,12-14,26H,10-11H2,1-6H3,(H,23,24,25). The first kappa shape index (κ1) is 20.0. The molecule has 0 aliphatic heterocycles. The van der Waals surface area contributed by atoms with Gasteiger partial charge in [-0.05, 0) is 46.1 Å². The second-order valence-electron chi connectivity index (χ2n) is 8.80. The molecule has 0 saturated carbocycles. The van der Waals surface area contributed by atoms with Gasteiger partial charge in [0.05, 0.1) is 0 Å². The van der Waals surface area contributed by atoms with Crippen LogP contribution in [0.5, 0.6) is 5.75 Å². The second-order valence-corrected chi connectivity index (χ2v) is 8.80. The maximum Gasteiger partial charge on any atom is 0.225 e. The third-order valence-electron chi connectivity index (χ3n) is 4.36. The van der Waals surface area contributed by atoms with Gasteiger partial charge in [-0.25, -0.2) is 4.98 Å². The van der Waals surface area contributed by atoms with Crippen molar-refractivity contribution in [1.29, 1.82) is 0 Å². The fourth-order valence-corrected chi connectivity index (χ4v) is 2.88. The molecule has 0 saturated heterocycles. The predicted octanol–water partition coefficient (Wildman–Crippen LogP) is 4.95. The molecule has 0 aliphatic rings. The highest BCUT2D eigenvalue weighted by atomic mass is 16.3. The quantitative estimate of drug-likeness (QED) is 0.816. The fraction of sp³-hybridized carbons (Fsp3) is 0.455. The third kappa shape index (κ3) is 5.07. The molecule has 0 atom stereocenters. The first-order valence-corrected chi connectivity index (χ1v) is 9.06. The summed E-state index contributed by atoms with van der Waals surface area (Å²) < 4.78 is 0. The number of phenolic OH excluding ortho intramolecular Hbond substituents is 1. The maximum atomic E-state index is 12.2. The smallest absolute Gasteiger partial charge is 0.225 e. The number of rotatable bonds is 4. The summed E-state index contributed by atoms with van der Waals surface area (Å²) in [5, 5.41) is 13.6. The number of hydrogen-bond acceptors (Lipinski definition) is 3. The lowest BCUT2D eigenvalue weighted by atomic mass is 9.78. The summed E-state index contributed by atoms with van der Waals surface area (Å²) >= 11 is 0. The zero-order chi connectivity index (χ0) is 19.5. The van der Waals surface area contributed by atoms with E-state index in [4.69, 9.17) is 0 Å². The van der Waals surface area contributed by atoms with Crippen LogP contribution in [0.4, 0.5) is 5.82 Å². The third-order valence-corrected chi connectivity index (χ3v) is 4.36. The Labute approximate surface area is 156 Å². The number of aryl methyl sites for hydroxylation is 1. The van der Waals surface area contributed by atoms with Crippen LogP contribution >= 0.6 is 0 Å². The number of carbonyl (C=O) groups is 1. The van der Waals surface area contributed by atoms with Crippen LogP contribution in [0.15, 0.2) is 36.5 Å². The molecule has 0 aliphatic carbocycles.